The molecule has 0 bridgehead atoms. The summed E-state index contributed by atoms with van der Waals surface area (Å²) in [4.78, 5) is 12.1. The molecule has 1 aliphatic rings. The van der Waals surface area contributed by atoms with Crippen molar-refractivity contribution in [2.24, 2.45) is 0 Å². The van der Waals surface area contributed by atoms with Gasteiger partial charge in [-0.15, -0.1) is 10.2 Å². The first kappa shape index (κ1) is 15.5. The number of aromatic nitrogens is 2. The van der Waals surface area contributed by atoms with Crippen LogP contribution in [-0.2, 0) is 0 Å². The van der Waals surface area contributed by atoms with Gasteiger partial charge in [0.1, 0.15) is 0 Å². The van der Waals surface area contributed by atoms with Crippen molar-refractivity contribution in [2.75, 3.05) is 6.54 Å². The minimum atomic E-state index is -0.830. The molecule has 1 fully saturated rings. The first-order valence-corrected chi connectivity index (χ1v) is 7.45. The summed E-state index contributed by atoms with van der Waals surface area (Å²) in [7, 11) is 0. The molecule has 0 unspecified atom stereocenters. The van der Waals surface area contributed by atoms with E-state index < -0.39 is 11.5 Å². The molecule has 5 nitrogen and oxygen atoms in total. The molecule has 1 saturated carbocycles. The number of hydrogen-bond donors (Lipinski definition) is 2. The number of aliphatic hydroxyl groups is 1. The molecule has 20 heavy (non-hydrogen) atoms. The Labute approximate surface area is 127 Å². The van der Waals surface area contributed by atoms with E-state index in [1.807, 2.05) is 0 Å². The SMILES string of the molecule is O=C(NCC1(O)CCCCCC1)c1cc(Cl)nnc1Cl. The molecule has 2 rings (SSSR count). The van der Waals surface area contributed by atoms with Crippen LogP contribution in [0, 0.1) is 0 Å². The van der Waals surface area contributed by atoms with Crippen LogP contribution in [0.2, 0.25) is 10.3 Å². The second kappa shape index (κ2) is 6.70. The van der Waals surface area contributed by atoms with Gasteiger partial charge in [-0.3, -0.25) is 4.79 Å². The molecular formula is C13H17Cl2N3O2. The molecular weight excluding hydrogens is 301 g/mol. The lowest BCUT2D eigenvalue weighted by Gasteiger charge is -2.26. The van der Waals surface area contributed by atoms with Crippen LogP contribution in [0.3, 0.4) is 0 Å². The van der Waals surface area contributed by atoms with Crippen molar-refractivity contribution in [1.29, 1.82) is 0 Å². The van der Waals surface area contributed by atoms with Crippen LogP contribution in [-0.4, -0.2) is 33.4 Å². The van der Waals surface area contributed by atoms with Crippen molar-refractivity contribution in [3.8, 4) is 0 Å². The highest BCUT2D eigenvalue weighted by molar-refractivity contribution is 6.34. The number of hydrogen-bond acceptors (Lipinski definition) is 4. The summed E-state index contributed by atoms with van der Waals surface area (Å²) in [6.07, 6.45) is 5.64. The Morgan fingerprint density at radius 3 is 2.55 bits per heavy atom. The van der Waals surface area contributed by atoms with Gasteiger partial charge in [-0.2, -0.15) is 0 Å². The van der Waals surface area contributed by atoms with Gasteiger partial charge in [-0.25, -0.2) is 0 Å². The Hall–Kier alpha value is -0.910. The van der Waals surface area contributed by atoms with Crippen LogP contribution in [0.4, 0.5) is 0 Å². The van der Waals surface area contributed by atoms with E-state index in [2.05, 4.69) is 15.5 Å². The predicted molar refractivity (Wildman–Crippen MR) is 77.0 cm³/mol. The smallest absolute Gasteiger partial charge is 0.254 e. The summed E-state index contributed by atoms with van der Waals surface area (Å²) in [5.74, 6) is -0.399. The van der Waals surface area contributed by atoms with Crippen molar-refractivity contribution < 1.29 is 9.90 Å². The molecule has 1 heterocycles. The summed E-state index contributed by atoms with van der Waals surface area (Å²) in [6.45, 7) is 0.210. The topological polar surface area (TPSA) is 75.1 Å². The van der Waals surface area contributed by atoms with E-state index in [9.17, 15) is 9.90 Å². The van der Waals surface area contributed by atoms with Crippen LogP contribution < -0.4 is 5.32 Å². The van der Waals surface area contributed by atoms with E-state index in [1.54, 1.807) is 0 Å². The van der Waals surface area contributed by atoms with E-state index in [0.717, 1.165) is 25.7 Å². The summed E-state index contributed by atoms with van der Waals surface area (Å²) in [5.41, 5.74) is -0.660. The Kier molecular flexibility index (Phi) is 5.18. The Bertz CT molecular complexity index is 489. The normalized spacial score (nSPS) is 18.4. The number of rotatable bonds is 3. The van der Waals surface area contributed by atoms with Gasteiger partial charge in [0.25, 0.3) is 5.91 Å². The summed E-state index contributed by atoms with van der Waals surface area (Å²) >= 11 is 11.5. The Balaban J connectivity index is 1.99. The molecule has 0 radical (unpaired) electrons. The third-order valence-electron chi connectivity index (χ3n) is 3.58. The predicted octanol–water partition coefficient (Wildman–Crippen LogP) is 2.60. The number of amides is 1. The molecule has 1 aliphatic carbocycles. The van der Waals surface area contributed by atoms with Gasteiger partial charge in [0.2, 0.25) is 0 Å². The summed E-state index contributed by atoms with van der Waals surface area (Å²) < 4.78 is 0. The minimum Gasteiger partial charge on any atom is -0.388 e. The van der Waals surface area contributed by atoms with Gasteiger partial charge < -0.3 is 10.4 Å². The highest BCUT2D eigenvalue weighted by Gasteiger charge is 2.28. The monoisotopic (exact) mass is 317 g/mol. The zero-order chi connectivity index (χ0) is 14.6. The maximum Gasteiger partial charge on any atom is 0.254 e. The molecule has 110 valence electrons. The van der Waals surface area contributed by atoms with Crippen molar-refractivity contribution in [2.45, 2.75) is 44.1 Å². The largest absolute Gasteiger partial charge is 0.388 e. The highest BCUT2D eigenvalue weighted by atomic mass is 35.5. The van der Waals surface area contributed by atoms with Gasteiger partial charge in [0.05, 0.1) is 11.2 Å². The molecule has 1 amide bonds. The van der Waals surface area contributed by atoms with E-state index in [1.165, 1.54) is 6.07 Å². The lowest BCUT2D eigenvalue weighted by atomic mass is 9.94. The quantitative estimate of drug-likeness (QED) is 0.840. The number of carbonyl (C=O) groups is 1. The second-order valence-corrected chi connectivity index (χ2v) is 5.94. The maximum absolute atomic E-state index is 12.1. The molecule has 0 aliphatic heterocycles. The van der Waals surface area contributed by atoms with Gasteiger partial charge in [0.15, 0.2) is 10.3 Å². The van der Waals surface area contributed by atoms with E-state index in [0.29, 0.717) is 12.8 Å². The van der Waals surface area contributed by atoms with Gasteiger partial charge in [-0.1, -0.05) is 48.9 Å². The highest BCUT2D eigenvalue weighted by Crippen LogP contribution is 2.26. The second-order valence-electron chi connectivity index (χ2n) is 5.19. The van der Waals surface area contributed by atoms with Crippen molar-refractivity contribution in [3.05, 3.63) is 21.9 Å². The van der Waals surface area contributed by atoms with E-state index >= 15 is 0 Å². The molecule has 0 atom stereocenters. The van der Waals surface area contributed by atoms with Crippen molar-refractivity contribution >= 4 is 29.1 Å². The molecule has 0 aromatic carbocycles. The summed E-state index contributed by atoms with van der Waals surface area (Å²) in [5, 5.41) is 20.4. The van der Waals surface area contributed by atoms with E-state index in [4.69, 9.17) is 23.2 Å². The lowest BCUT2D eigenvalue weighted by Crippen LogP contribution is -2.42. The maximum atomic E-state index is 12.1. The molecule has 1 aromatic heterocycles. The Morgan fingerprint density at radius 2 is 1.90 bits per heavy atom. The number of carbonyl (C=O) groups excluding carboxylic acids is 1. The fourth-order valence-corrected chi connectivity index (χ4v) is 2.74. The van der Waals surface area contributed by atoms with Crippen molar-refractivity contribution in [3.63, 3.8) is 0 Å². The molecule has 0 saturated heterocycles. The average Bonchev–Trinajstić information content (AvgIpc) is 2.64. The van der Waals surface area contributed by atoms with Crippen LogP contribution in [0.1, 0.15) is 48.9 Å². The Morgan fingerprint density at radius 1 is 1.25 bits per heavy atom. The van der Waals surface area contributed by atoms with E-state index in [-0.39, 0.29) is 22.4 Å². The number of nitrogens with one attached hydrogen (secondary N) is 1. The number of nitrogens with zero attached hydrogens (tertiary/aromatic N) is 2. The molecule has 2 N–H and O–H groups in total. The zero-order valence-corrected chi connectivity index (χ0v) is 12.5. The standard InChI is InChI=1S/C13H17Cl2N3O2/c14-10-7-9(11(15)18-17-10)12(19)16-8-13(20)5-3-1-2-4-6-13/h7,20H,1-6,8H2,(H,16,19). The summed E-state index contributed by atoms with van der Waals surface area (Å²) in [6, 6.07) is 1.36. The third kappa shape index (κ3) is 4.04. The van der Waals surface area contributed by atoms with Crippen molar-refractivity contribution in [1.82, 2.24) is 15.5 Å². The number of halogens is 2. The first-order valence-electron chi connectivity index (χ1n) is 6.69. The van der Waals surface area contributed by atoms with Crippen LogP contribution in [0.5, 0.6) is 0 Å². The van der Waals surface area contributed by atoms with Crippen LogP contribution >= 0.6 is 23.2 Å². The molecule has 0 spiro atoms. The molecule has 7 heteroatoms. The fourth-order valence-electron chi connectivity index (χ4n) is 2.42. The lowest BCUT2D eigenvalue weighted by molar-refractivity contribution is 0.0246. The first-order chi connectivity index (χ1) is 9.50. The van der Waals surface area contributed by atoms with Crippen LogP contribution in [0.25, 0.3) is 0 Å². The zero-order valence-electron chi connectivity index (χ0n) is 11.0. The third-order valence-corrected chi connectivity index (χ3v) is 4.04. The minimum absolute atomic E-state index is 0.000226. The van der Waals surface area contributed by atoms with Gasteiger partial charge in [0, 0.05) is 6.54 Å². The van der Waals surface area contributed by atoms with Gasteiger partial charge in [-0.05, 0) is 18.9 Å². The van der Waals surface area contributed by atoms with Gasteiger partial charge >= 0.3 is 0 Å². The average molecular weight is 318 g/mol. The van der Waals surface area contributed by atoms with Crippen LogP contribution in [0.15, 0.2) is 6.07 Å². The molecule has 1 aromatic rings. The fraction of sp³-hybridized carbons (Fsp3) is 0.615.